The molecule has 108 valence electrons. The van der Waals surface area contributed by atoms with Crippen molar-refractivity contribution in [3.63, 3.8) is 0 Å². The monoisotopic (exact) mass is 279 g/mol. The zero-order chi connectivity index (χ0) is 14.4. The fourth-order valence-corrected chi connectivity index (χ4v) is 4.37. The molecule has 4 rings (SSSR count). The molecular weight excluding hydrogens is 258 g/mol. The molecule has 0 spiro atoms. The Bertz CT molecular complexity index is 730. The molecule has 4 unspecified atom stereocenters. The lowest BCUT2D eigenvalue weighted by Gasteiger charge is -2.39. The lowest BCUT2D eigenvalue weighted by Crippen LogP contribution is -2.37. The van der Waals surface area contributed by atoms with Crippen LogP contribution in [-0.2, 0) is 4.79 Å². The van der Waals surface area contributed by atoms with Crippen molar-refractivity contribution < 1.29 is 4.79 Å². The average Bonchev–Trinajstić information content (AvgIpc) is 2.50. The number of nitrogens with two attached hydrogens (primary N) is 1. The number of hydrogen-bond acceptors (Lipinski definition) is 1. The Labute approximate surface area is 125 Å². The van der Waals surface area contributed by atoms with E-state index in [0.717, 1.165) is 25.2 Å². The summed E-state index contributed by atoms with van der Waals surface area (Å²) in [5, 5.41) is 2.68. The normalized spacial score (nSPS) is 33.4. The van der Waals surface area contributed by atoms with Crippen molar-refractivity contribution in [3.05, 3.63) is 46.4 Å². The van der Waals surface area contributed by atoms with Crippen LogP contribution >= 0.6 is 0 Å². The van der Waals surface area contributed by atoms with Crippen LogP contribution < -0.4 is 16.2 Å². The Kier molecular flexibility index (Phi) is 2.99. The second-order valence-electron chi connectivity index (χ2n) is 6.79. The lowest BCUT2D eigenvalue weighted by atomic mass is 9.65. The van der Waals surface area contributed by atoms with Crippen LogP contribution in [0.2, 0.25) is 0 Å². The highest BCUT2D eigenvalue weighted by atomic mass is 16.1. The molecular formula is C19H21NO. The highest BCUT2D eigenvalue weighted by Crippen LogP contribution is 2.44. The highest BCUT2D eigenvalue weighted by Gasteiger charge is 2.36. The molecule has 0 aromatic heterocycles. The third kappa shape index (κ3) is 2.23. The van der Waals surface area contributed by atoms with Crippen molar-refractivity contribution in [3.8, 4) is 0 Å². The number of carbonyl (C=O) groups excluding carboxylic acids is 1. The topological polar surface area (TPSA) is 43.1 Å². The SMILES string of the molecule is NC(=O)C1CCC2CC3C=c4ccccc4=CC3=CC2C1. The first-order valence-corrected chi connectivity index (χ1v) is 8.00. The Balaban J connectivity index is 1.70. The zero-order valence-electron chi connectivity index (χ0n) is 12.2. The van der Waals surface area contributed by atoms with Crippen LogP contribution in [0, 0.1) is 23.7 Å². The largest absolute Gasteiger partial charge is 0.369 e. The minimum atomic E-state index is -0.112. The zero-order valence-corrected chi connectivity index (χ0v) is 12.2. The fourth-order valence-electron chi connectivity index (χ4n) is 4.37. The predicted molar refractivity (Wildman–Crippen MR) is 84.3 cm³/mol. The van der Waals surface area contributed by atoms with E-state index in [0.29, 0.717) is 11.8 Å². The molecule has 0 bridgehead atoms. The smallest absolute Gasteiger partial charge is 0.220 e. The summed E-state index contributed by atoms with van der Waals surface area (Å²) in [6.07, 6.45) is 11.5. The van der Waals surface area contributed by atoms with E-state index in [9.17, 15) is 4.79 Å². The van der Waals surface area contributed by atoms with Gasteiger partial charge in [-0.2, -0.15) is 0 Å². The molecule has 1 amide bonds. The van der Waals surface area contributed by atoms with Crippen LogP contribution in [0.5, 0.6) is 0 Å². The van der Waals surface area contributed by atoms with Crippen molar-refractivity contribution in [1.82, 2.24) is 0 Å². The summed E-state index contributed by atoms with van der Waals surface area (Å²) in [6.45, 7) is 0. The van der Waals surface area contributed by atoms with Crippen LogP contribution in [0.25, 0.3) is 12.2 Å². The molecule has 0 heterocycles. The van der Waals surface area contributed by atoms with Gasteiger partial charge >= 0.3 is 0 Å². The fraction of sp³-hybridized carbons (Fsp3) is 0.421. The maximum Gasteiger partial charge on any atom is 0.220 e. The van der Waals surface area contributed by atoms with Gasteiger partial charge in [0.1, 0.15) is 0 Å². The van der Waals surface area contributed by atoms with Gasteiger partial charge in [-0.1, -0.05) is 42.5 Å². The third-order valence-electron chi connectivity index (χ3n) is 5.54. The van der Waals surface area contributed by atoms with E-state index in [1.807, 2.05) is 0 Å². The summed E-state index contributed by atoms with van der Waals surface area (Å²) in [5.74, 6) is 1.80. The van der Waals surface area contributed by atoms with Crippen molar-refractivity contribution in [2.24, 2.45) is 29.4 Å². The van der Waals surface area contributed by atoms with Gasteiger partial charge in [0, 0.05) is 11.8 Å². The standard InChI is InChI=1S/C19H21NO/c20-19(21)15-6-5-14-9-17-7-12-3-1-2-4-13(12)8-18(17)11-16(14)10-15/h1-4,7-8,11,14-17H,5-6,9-10H2,(H2,20,21). The first-order valence-electron chi connectivity index (χ1n) is 8.00. The van der Waals surface area contributed by atoms with Crippen LogP contribution in [0.3, 0.4) is 0 Å². The van der Waals surface area contributed by atoms with Gasteiger partial charge in [0.2, 0.25) is 5.91 Å². The number of hydrogen-bond donors (Lipinski definition) is 1. The molecule has 1 saturated carbocycles. The van der Waals surface area contributed by atoms with Crippen molar-refractivity contribution in [2.75, 3.05) is 0 Å². The Morgan fingerprint density at radius 3 is 2.67 bits per heavy atom. The van der Waals surface area contributed by atoms with Gasteiger partial charge < -0.3 is 5.73 Å². The third-order valence-corrected chi connectivity index (χ3v) is 5.54. The number of amides is 1. The minimum Gasteiger partial charge on any atom is -0.369 e. The van der Waals surface area contributed by atoms with Crippen LogP contribution in [0.1, 0.15) is 25.7 Å². The van der Waals surface area contributed by atoms with E-state index in [1.165, 1.54) is 22.4 Å². The van der Waals surface area contributed by atoms with Gasteiger partial charge in [-0.15, -0.1) is 0 Å². The molecule has 3 aliphatic rings. The van der Waals surface area contributed by atoms with Crippen LogP contribution in [0.4, 0.5) is 0 Å². The van der Waals surface area contributed by atoms with Crippen molar-refractivity contribution >= 4 is 18.1 Å². The van der Waals surface area contributed by atoms with Gasteiger partial charge in [-0.05, 0) is 53.5 Å². The molecule has 2 nitrogen and oxygen atoms in total. The molecule has 1 fully saturated rings. The Morgan fingerprint density at radius 1 is 1.05 bits per heavy atom. The quantitative estimate of drug-likeness (QED) is 0.836. The van der Waals surface area contributed by atoms with E-state index >= 15 is 0 Å². The van der Waals surface area contributed by atoms with Gasteiger partial charge in [-0.25, -0.2) is 0 Å². The number of carbonyl (C=O) groups is 1. The van der Waals surface area contributed by atoms with Gasteiger partial charge in [-0.3, -0.25) is 4.79 Å². The molecule has 0 saturated heterocycles. The summed E-state index contributed by atoms with van der Waals surface area (Å²) in [6, 6.07) is 8.60. The highest BCUT2D eigenvalue weighted by molar-refractivity contribution is 5.76. The number of primary amides is 1. The summed E-state index contributed by atoms with van der Waals surface area (Å²) >= 11 is 0. The van der Waals surface area contributed by atoms with E-state index in [4.69, 9.17) is 5.73 Å². The predicted octanol–water partition coefficient (Wildman–Crippen LogP) is 1.73. The van der Waals surface area contributed by atoms with Gasteiger partial charge in [0.15, 0.2) is 0 Å². The first kappa shape index (κ1) is 12.9. The molecule has 2 heteroatoms. The molecule has 0 aliphatic heterocycles. The van der Waals surface area contributed by atoms with Crippen LogP contribution in [-0.4, -0.2) is 5.91 Å². The maximum absolute atomic E-state index is 11.5. The molecule has 1 aromatic carbocycles. The molecule has 3 aliphatic carbocycles. The number of fused-ring (bicyclic) bond motifs is 3. The molecule has 1 aromatic rings. The lowest BCUT2D eigenvalue weighted by molar-refractivity contribution is -0.123. The summed E-state index contributed by atoms with van der Waals surface area (Å²) in [5.41, 5.74) is 6.95. The molecule has 0 radical (unpaired) electrons. The second kappa shape index (κ2) is 4.87. The summed E-state index contributed by atoms with van der Waals surface area (Å²) in [7, 11) is 0. The van der Waals surface area contributed by atoms with Crippen molar-refractivity contribution in [2.45, 2.75) is 25.7 Å². The van der Waals surface area contributed by atoms with E-state index in [2.05, 4.69) is 42.5 Å². The minimum absolute atomic E-state index is 0.0829. The Hall–Kier alpha value is -1.83. The number of rotatable bonds is 1. The average molecular weight is 279 g/mol. The van der Waals surface area contributed by atoms with Gasteiger partial charge in [0.25, 0.3) is 0 Å². The number of allylic oxidation sites excluding steroid dienone is 2. The van der Waals surface area contributed by atoms with E-state index < -0.39 is 0 Å². The molecule has 4 atom stereocenters. The second-order valence-corrected chi connectivity index (χ2v) is 6.79. The van der Waals surface area contributed by atoms with Crippen LogP contribution in [0.15, 0.2) is 35.9 Å². The molecule has 21 heavy (non-hydrogen) atoms. The van der Waals surface area contributed by atoms with E-state index in [1.54, 1.807) is 0 Å². The van der Waals surface area contributed by atoms with E-state index in [-0.39, 0.29) is 11.8 Å². The summed E-state index contributed by atoms with van der Waals surface area (Å²) < 4.78 is 0. The maximum atomic E-state index is 11.5. The number of benzene rings is 1. The van der Waals surface area contributed by atoms with Crippen molar-refractivity contribution in [1.29, 1.82) is 0 Å². The van der Waals surface area contributed by atoms with Gasteiger partial charge in [0.05, 0.1) is 0 Å². The Morgan fingerprint density at radius 2 is 1.86 bits per heavy atom. The molecule has 2 N–H and O–H groups in total. The summed E-state index contributed by atoms with van der Waals surface area (Å²) in [4.78, 5) is 11.5. The first-order chi connectivity index (χ1) is 10.2.